The first-order valence-corrected chi connectivity index (χ1v) is 23.2. The first-order valence-electron chi connectivity index (χ1n) is 22.4. The molecule has 11 aromatic carbocycles. The molecule has 1 aliphatic carbocycles. The minimum atomic E-state index is -0.455. The number of fused-ring (bicyclic) bond motifs is 10. The van der Waals surface area contributed by atoms with Crippen molar-refractivity contribution >= 4 is 70.1 Å². The van der Waals surface area contributed by atoms with Gasteiger partial charge in [0.2, 0.25) is 0 Å². The lowest BCUT2D eigenvalue weighted by atomic mass is 9.68. The normalized spacial score (nSPS) is 12.7. The highest BCUT2D eigenvalue weighted by atomic mass is 32.1. The third-order valence-electron chi connectivity index (χ3n) is 13.8. The van der Waals surface area contributed by atoms with E-state index in [2.05, 4.69) is 254 Å². The van der Waals surface area contributed by atoms with Crippen LogP contribution in [0.15, 0.2) is 249 Å². The minimum absolute atomic E-state index is 0.455. The van der Waals surface area contributed by atoms with Crippen molar-refractivity contribution in [2.75, 3.05) is 4.90 Å². The minimum Gasteiger partial charge on any atom is -0.311 e. The van der Waals surface area contributed by atoms with Crippen molar-refractivity contribution in [2.24, 2.45) is 0 Å². The van der Waals surface area contributed by atoms with Crippen LogP contribution in [0.4, 0.5) is 17.1 Å². The molecule has 0 bridgehead atoms. The lowest BCUT2D eigenvalue weighted by Gasteiger charge is -2.34. The van der Waals surface area contributed by atoms with Crippen LogP contribution in [0, 0.1) is 0 Å². The molecule has 2 heteroatoms. The van der Waals surface area contributed by atoms with E-state index in [0.717, 1.165) is 17.1 Å². The number of benzene rings is 11. The first-order chi connectivity index (χ1) is 32.2. The highest BCUT2D eigenvalue weighted by molar-refractivity contribution is 7.27. The Balaban J connectivity index is 0.942. The standard InChI is InChI=1S/C63H41NS/c1-3-14-42(15-4-1)43-28-35-49(36-29-43)64(51-39-33-48(34-40-51)63(47-17-5-2-6-18-47)58-24-11-9-20-54(58)55-21-10-12-25-59(55)63)50-37-30-45(31-38-50)53-22-13-23-56-57-41-32-46-27-26-44-16-7-8-19-52(44)60(46)62(57)65-61(53)56/h1-41H. The highest BCUT2D eigenvalue weighted by Gasteiger charge is 2.45. The molecule has 12 aromatic rings. The fourth-order valence-corrected chi connectivity index (χ4v) is 12.2. The van der Waals surface area contributed by atoms with Gasteiger partial charge in [0.25, 0.3) is 0 Å². The van der Waals surface area contributed by atoms with E-state index in [0.29, 0.717) is 0 Å². The molecule has 0 saturated heterocycles. The van der Waals surface area contributed by atoms with Crippen LogP contribution in [0.25, 0.3) is 75.1 Å². The number of thiophene rings is 1. The maximum Gasteiger partial charge on any atom is 0.0713 e. The molecule has 1 heterocycles. The molecule has 0 amide bonds. The Morgan fingerprint density at radius 3 is 1.46 bits per heavy atom. The fourth-order valence-electron chi connectivity index (χ4n) is 10.8. The van der Waals surface area contributed by atoms with Gasteiger partial charge in [0.15, 0.2) is 0 Å². The zero-order valence-electron chi connectivity index (χ0n) is 35.5. The van der Waals surface area contributed by atoms with E-state index in [1.54, 1.807) is 0 Å². The van der Waals surface area contributed by atoms with Crippen molar-refractivity contribution in [2.45, 2.75) is 5.41 Å². The van der Waals surface area contributed by atoms with Crippen LogP contribution in [0.2, 0.25) is 0 Å². The Bertz CT molecular complexity index is 3690. The molecule has 304 valence electrons. The maximum atomic E-state index is 2.39. The number of nitrogens with zero attached hydrogens (tertiary/aromatic N) is 1. The Morgan fingerprint density at radius 1 is 0.292 bits per heavy atom. The van der Waals surface area contributed by atoms with Crippen molar-refractivity contribution in [1.82, 2.24) is 0 Å². The molecular formula is C63H41NS. The SMILES string of the molecule is c1ccc(-c2ccc(N(c3ccc(-c4cccc5c4sc4c5ccc5ccc6ccccc6c54)cc3)c3ccc(C4(c5ccccc5)c5ccccc5-c5ccccc54)cc3)cc2)cc1. The number of anilines is 3. The maximum absolute atomic E-state index is 2.39. The van der Waals surface area contributed by atoms with Gasteiger partial charge in [0.1, 0.15) is 0 Å². The Hall–Kier alpha value is -8.04. The molecule has 0 aliphatic heterocycles. The van der Waals surface area contributed by atoms with Gasteiger partial charge in [-0.15, -0.1) is 11.3 Å². The molecule has 0 fully saturated rings. The topological polar surface area (TPSA) is 3.24 Å². The quantitative estimate of drug-likeness (QED) is 0.145. The van der Waals surface area contributed by atoms with E-state index < -0.39 is 5.41 Å². The van der Waals surface area contributed by atoms with Crippen LogP contribution in [0.5, 0.6) is 0 Å². The number of rotatable bonds is 7. The fraction of sp³-hybridized carbons (Fsp3) is 0.0159. The average molecular weight is 844 g/mol. The van der Waals surface area contributed by atoms with Crippen LogP contribution in [-0.4, -0.2) is 0 Å². The second-order valence-electron chi connectivity index (χ2n) is 17.2. The van der Waals surface area contributed by atoms with Crippen molar-refractivity contribution in [1.29, 1.82) is 0 Å². The van der Waals surface area contributed by atoms with Crippen molar-refractivity contribution < 1.29 is 0 Å². The molecule has 65 heavy (non-hydrogen) atoms. The summed E-state index contributed by atoms with van der Waals surface area (Å²) in [6.45, 7) is 0. The van der Waals surface area contributed by atoms with Gasteiger partial charge in [-0.3, -0.25) is 0 Å². The number of hydrogen-bond acceptors (Lipinski definition) is 2. The zero-order valence-corrected chi connectivity index (χ0v) is 36.3. The van der Waals surface area contributed by atoms with E-state index in [4.69, 9.17) is 0 Å². The molecule has 13 rings (SSSR count). The van der Waals surface area contributed by atoms with Crippen LogP contribution >= 0.6 is 11.3 Å². The summed E-state index contributed by atoms with van der Waals surface area (Å²) in [4.78, 5) is 2.39. The third-order valence-corrected chi connectivity index (χ3v) is 15.0. The average Bonchev–Trinajstić information content (AvgIpc) is 3.92. The molecule has 0 spiro atoms. The Morgan fingerprint density at radius 2 is 0.769 bits per heavy atom. The predicted molar refractivity (Wildman–Crippen MR) is 277 cm³/mol. The summed E-state index contributed by atoms with van der Waals surface area (Å²) in [6.07, 6.45) is 0. The molecule has 0 unspecified atom stereocenters. The summed E-state index contributed by atoms with van der Waals surface area (Å²) < 4.78 is 2.67. The summed E-state index contributed by atoms with van der Waals surface area (Å²) in [7, 11) is 0. The van der Waals surface area contributed by atoms with Crippen LogP contribution in [0.1, 0.15) is 22.3 Å². The van der Waals surface area contributed by atoms with E-state index >= 15 is 0 Å². The molecule has 1 aliphatic rings. The van der Waals surface area contributed by atoms with Gasteiger partial charge in [-0.05, 0) is 108 Å². The Labute approximate surface area is 382 Å². The highest BCUT2D eigenvalue weighted by Crippen LogP contribution is 2.56. The molecule has 0 saturated carbocycles. The van der Waals surface area contributed by atoms with Gasteiger partial charge in [-0.2, -0.15) is 0 Å². The van der Waals surface area contributed by atoms with E-state index in [-0.39, 0.29) is 0 Å². The molecule has 1 aromatic heterocycles. The second-order valence-corrected chi connectivity index (χ2v) is 18.2. The van der Waals surface area contributed by atoms with Gasteiger partial charge in [0.05, 0.1) is 5.41 Å². The monoisotopic (exact) mass is 843 g/mol. The van der Waals surface area contributed by atoms with Gasteiger partial charge < -0.3 is 4.90 Å². The summed E-state index contributed by atoms with van der Waals surface area (Å²) in [5.74, 6) is 0. The summed E-state index contributed by atoms with van der Waals surface area (Å²) in [5, 5.41) is 7.85. The molecular weight excluding hydrogens is 803 g/mol. The largest absolute Gasteiger partial charge is 0.311 e. The van der Waals surface area contributed by atoms with E-state index in [9.17, 15) is 0 Å². The lowest BCUT2D eigenvalue weighted by molar-refractivity contribution is 0.768. The van der Waals surface area contributed by atoms with E-state index in [1.165, 1.54) is 97.4 Å². The molecule has 0 radical (unpaired) electrons. The first kappa shape index (κ1) is 37.5. The lowest BCUT2D eigenvalue weighted by Crippen LogP contribution is -2.28. The number of hydrogen-bond donors (Lipinski definition) is 0. The van der Waals surface area contributed by atoms with Crippen LogP contribution in [-0.2, 0) is 5.41 Å². The van der Waals surface area contributed by atoms with Gasteiger partial charge >= 0.3 is 0 Å². The summed E-state index contributed by atoms with van der Waals surface area (Å²) in [6, 6.07) is 91.8. The molecule has 1 nitrogen and oxygen atoms in total. The second kappa shape index (κ2) is 15.1. The Kier molecular flexibility index (Phi) is 8.69. The van der Waals surface area contributed by atoms with Gasteiger partial charge in [0, 0.05) is 42.6 Å². The summed E-state index contributed by atoms with van der Waals surface area (Å²) >= 11 is 1.92. The summed E-state index contributed by atoms with van der Waals surface area (Å²) in [5.41, 5.74) is 15.5. The van der Waals surface area contributed by atoms with Crippen molar-refractivity contribution in [3.8, 4) is 33.4 Å². The van der Waals surface area contributed by atoms with Crippen LogP contribution < -0.4 is 4.90 Å². The van der Waals surface area contributed by atoms with Crippen molar-refractivity contribution in [3.05, 3.63) is 271 Å². The molecule has 0 atom stereocenters. The van der Waals surface area contributed by atoms with Crippen molar-refractivity contribution in [3.63, 3.8) is 0 Å². The predicted octanol–water partition coefficient (Wildman–Crippen LogP) is 17.5. The van der Waals surface area contributed by atoms with Gasteiger partial charge in [-0.1, -0.05) is 212 Å². The smallest absolute Gasteiger partial charge is 0.0713 e. The van der Waals surface area contributed by atoms with Crippen LogP contribution in [0.3, 0.4) is 0 Å². The molecule has 0 N–H and O–H groups in total. The third kappa shape index (κ3) is 5.85. The van der Waals surface area contributed by atoms with Gasteiger partial charge in [-0.25, -0.2) is 0 Å². The van der Waals surface area contributed by atoms with E-state index in [1.807, 2.05) is 11.3 Å². The zero-order chi connectivity index (χ0) is 42.9.